The minimum absolute atomic E-state index is 0.0458. The van der Waals surface area contributed by atoms with Crippen molar-refractivity contribution in [1.29, 1.82) is 0 Å². The van der Waals surface area contributed by atoms with E-state index in [9.17, 15) is 9.18 Å². The first-order chi connectivity index (χ1) is 9.97. The maximum Gasteiger partial charge on any atom is 0.220 e. The summed E-state index contributed by atoms with van der Waals surface area (Å²) in [4.78, 5) is 15.9. The molecule has 1 aromatic carbocycles. The highest BCUT2D eigenvalue weighted by molar-refractivity contribution is 9.10. The molecule has 1 N–H and O–H groups in total. The van der Waals surface area contributed by atoms with Crippen molar-refractivity contribution >= 4 is 44.5 Å². The van der Waals surface area contributed by atoms with Gasteiger partial charge < -0.3 is 9.88 Å². The van der Waals surface area contributed by atoms with Crippen LogP contribution in [0.1, 0.15) is 37.0 Å². The van der Waals surface area contributed by atoms with Crippen LogP contribution in [0.5, 0.6) is 0 Å². The van der Waals surface area contributed by atoms with Gasteiger partial charge in [-0.05, 0) is 35.3 Å². The second-order valence-electron chi connectivity index (χ2n) is 5.21. The molecule has 1 aliphatic rings. The lowest BCUT2D eigenvalue weighted by Gasteiger charge is -2.26. The van der Waals surface area contributed by atoms with Crippen LogP contribution in [0, 0.1) is 5.82 Å². The molecule has 0 radical (unpaired) electrons. The van der Waals surface area contributed by atoms with Crippen LogP contribution in [0.4, 0.5) is 4.39 Å². The van der Waals surface area contributed by atoms with Crippen LogP contribution in [0.25, 0.3) is 11.0 Å². The molecule has 1 aliphatic heterocycles. The number of carbonyl (C=O) groups is 1. The molecular formula is C14H14BrClFN3O. The third kappa shape index (κ3) is 2.66. The molecule has 0 aliphatic carbocycles. The zero-order valence-corrected chi connectivity index (χ0v) is 13.7. The van der Waals surface area contributed by atoms with E-state index in [1.54, 1.807) is 6.07 Å². The van der Waals surface area contributed by atoms with Gasteiger partial charge in [-0.15, -0.1) is 11.6 Å². The van der Waals surface area contributed by atoms with Gasteiger partial charge in [-0.2, -0.15) is 0 Å². The van der Waals surface area contributed by atoms with E-state index < -0.39 is 0 Å². The van der Waals surface area contributed by atoms with Crippen molar-refractivity contribution in [3.8, 4) is 0 Å². The van der Waals surface area contributed by atoms with Crippen molar-refractivity contribution in [3.05, 3.63) is 28.2 Å². The summed E-state index contributed by atoms with van der Waals surface area (Å²) in [6.07, 6.45) is 1.16. The minimum atomic E-state index is -0.336. The van der Waals surface area contributed by atoms with Crippen molar-refractivity contribution in [1.82, 2.24) is 14.9 Å². The Kier molecular flexibility index (Phi) is 3.92. The number of fused-ring (bicyclic) bond motifs is 1. The molecule has 1 fully saturated rings. The molecule has 0 spiro atoms. The van der Waals surface area contributed by atoms with E-state index in [0.717, 1.165) is 0 Å². The predicted octanol–water partition coefficient (Wildman–Crippen LogP) is 3.69. The maximum atomic E-state index is 13.9. The van der Waals surface area contributed by atoms with Crippen molar-refractivity contribution in [2.24, 2.45) is 0 Å². The number of imidazole rings is 1. The van der Waals surface area contributed by atoms with Crippen LogP contribution in [-0.4, -0.2) is 22.0 Å². The number of nitrogens with zero attached hydrogens (tertiary/aromatic N) is 2. The van der Waals surface area contributed by atoms with Gasteiger partial charge in [0.2, 0.25) is 5.91 Å². The van der Waals surface area contributed by atoms with E-state index in [1.165, 1.54) is 6.07 Å². The molecule has 2 unspecified atom stereocenters. The van der Waals surface area contributed by atoms with Gasteiger partial charge in [0.05, 0.1) is 26.9 Å². The molecule has 2 atom stereocenters. The van der Waals surface area contributed by atoms with Crippen LogP contribution in [0.2, 0.25) is 0 Å². The maximum absolute atomic E-state index is 13.9. The van der Waals surface area contributed by atoms with Crippen molar-refractivity contribution in [2.75, 3.05) is 6.54 Å². The molecule has 1 aromatic heterocycles. The fourth-order valence-corrected chi connectivity index (χ4v) is 3.20. The second kappa shape index (κ2) is 5.57. The highest BCUT2D eigenvalue weighted by Gasteiger charge is 2.26. The van der Waals surface area contributed by atoms with E-state index in [4.69, 9.17) is 11.6 Å². The SMILES string of the molecule is CC(Cl)c1nc2cc(Br)c(F)cc2n1C1CCC(=O)NC1. The first-order valence-electron chi connectivity index (χ1n) is 6.75. The van der Waals surface area contributed by atoms with Gasteiger partial charge in [0.15, 0.2) is 0 Å². The lowest BCUT2D eigenvalue weighted by molar-refractivity contribution is -0.122. The summed E-state index contributed by atoms with van der Waals surface area (Å²) in [7, 11) is 0. The Balaban J connectivity index is 2.16. The number of piperidine rings is 1. The number of nitrogens with one attached hydrogen (secondary N) is 1. The molecule has 0 saturated carbocycles. The van der Waals surface area contributed by atoms with E-state index >= 15 is 0 Å². The standard InChI is InChI=1S/C14H14BrClFN3O/c1-7(16)14-19-11-4-9(15)10(17)5-12(11)20(14)8-2-3-13(21)18-6-8/h4-5,7-8H,2-3,6H2,1H3,(H,18,21). The fourth-order valence-electron chi connectivity index (χ4n) is 2.71. The van der Waals surface area contributed by atoms with Gasteiger partial charge in [-0.25, -0.2) is 9.37 Å². The van der Waals surface area contributed by atoms with Gasteiger partial charge in [-0.3, -0.25) is 4.79 Å². The second-order valence-corrected chi connectivity index (χ2v) is 6.72. The molecule has 2 aromatic rings. The molecule has 4 nitrogen and oxygen atoms in total. The van der Waals surface area contributed by atoms with Gasteiger partial charge in [-0.1, -0.05) is 0 Å². The summed E-state index contributed by atoms with van der Waals surface area (Å²) in [6.45, 7) is 2.35. The highest BCUT2D eigenvalue weighted by atomic mass is 79.9. The zero-order valence-electron chi connectivity index (χ0n) is 11.4. The molecule has 112 valence electrons. The molecule has 1 saturated heterocycles. The third-order valence-corrected chi connectivity index (χ3v) is 4.52. The van der Waals surface area contributed by atoms with E-state index in [0.29, 0.717) is 40.7 Å². The number of halogens is 3. The van der Waals surface area contributed by atoms with Crippen LogP contribution < -0.4 is 5.32 Å². The summed E-state index contributed by atoms with van der Waals surface area (Å²) < 4.78 is 16.2. The summed E-state index contributed by atoms with van der Waals surface area (Å²) in [5.41, 5.74) is 1.40. The average Bonchev–Trinajstić information content (AvgIpc) is 2.79. The van der Waals surface area contributed by atoms with Crippen molar-refractivity contribution in [3.63, 3.8) is 0 Å². The Bertz CT molecular complexity index is 706. The summed E-state index contributed by atoms with van der Waals surface area (Å²) in [6, 6.07) is 3.17. The van der Waals surface area contributed by atoms with Crippen LogP contribution in [-0.2, 0) is 4.79 Å². The van der Waals surface area contributed by atoms with Gasteiger partial charge in [0.25, 0.3) is 0 Å². The van der Waals surface area contributed by atoms with Gasteiger partial charge in [0, 0.05) is 19.0 Å². The Morgan fingerprint density at radius 2 is 2.33 bits per heavy atom. The smallest absolute Gasteiger partial charge is 0.220 e. The predicted molar refractivity (Wildman–Crippen MR) is 82.9 cm³/mol. The molecule has 1 amide bonds. The average molecular weight is 375 g/mol. The first kappa shape index (κ1) is 14.8. The monoisotopic (exact) mass is 373 g/mol. The number of alkyl halides is 1. The lowest BCUT2D eigenvalue weighted by atomic mass is 10.1. The fraction of sp³-hybridized carbons (Fsp3) is 0.429. The third-order valence-electron chi connectivity index (χ3n) is 3.72. The topological polar surface area (TPSA) is 46.9 Å². The quantitative estimate of drug-likeness (QED) is 0.815. The Hall–Kier alpha value is -1.14. The van der Waals surface area contributed by atoms with E-state index in [-0.39, 0.29) is 23.1 Å². The molecular weight excluding hydrogens is 361 g/mol. The largest absolute Gasteiger partial charge is 0.354 e. The Morgan fingerprint density at radius 1 is 1.57 bits per heavy atom. The Morgan fingerprint density at radius 3 is 2.95 bits per heavy atom. The number of aromatic nitrogens is 2. The highest BCUT2D eigenvalue weighted by Crippen LogP contribution is 2.33. The van der Waals surface area contributed by atoms with Crippen LogP contribution in [0.3, 0.4) is 0 Å². The van der Waals surface area contributed by atoms with E-state index in [2.05, 4.69) is 26.2 Å². The lowest BCUT2D eigenvalue weighted by Crippen LogP contribution is -2.36. The minimum Gasteiger partial charge on any atom is -0.354 e. The van der Waals surface area contributed by atoms with Crippen molar-refractivity contribution in [2.45, 2.75) is 31.2 Å². The zero-order chi connectivity index (χ0) is 15.1. The Labute approximate surface area is 134 Å². The number of amides is 1. The summed E-state index contributed by atoms with van der Waals surface area (Å²) in [5.74, 6) is 0.410. The summed E-state index contributed by atoms with van der Waals surface area (Å²) >= 11 is 9.41. The number of carbonyl (C=O) groups excluding carboxylic acids is 1. The molecule has 7 heteroatoms. The molecule has 0 bridgehead atoms. The normalized spacial score (nSPS) is 20.6. The molecule has 2 heterocycles. The van der Waals surface area contributed by atoms with Gasteiger partial charge in [0.1, 0.15) is 11.6 Å². The summed E-state index contributed by atoms with van der Waals surface area (Å²) in [5, 5.41) is 2.55. The first-order valence-corrected chi connectivity index (χ1v) is 7.98. The molecule has 3 rings (SSSR count). The number of hydrogen-bond donors (Lipinski definition) is 1. The molecule has 21 heavy (non-hydrogen) atoms. The van der Waals surface area contributed by atoms with Crippen LogP contribution in [0.15, 0.2) is 16.6 Å². The van der Waals surface area contributed by atoms with Crippen LogP contribution >= 0.6 is 27.5 Å². The number of benzene rings is 1. The number of hydrogen-bond acceptors (Lipinski definition) is 2. The number of rotatable bonds is 2. The van der Waals surface area contributed by atoms with E-state index in [1.807, 2.05) is 11.5 Å². The van der Waals surface area contributed by atoms with Gasteiger partial charge >= 0.3 is 0 Å². The van der Waals surface area contributed by atoms with Crippen molar-refractivity contribution < 1.29 is 9.18 Å².